The van der Waals surface area contributed by atoms with Gasteiger partial charge in [0.15, 0.2) is 6.10 Å². The topological polar surface area (TPSA) is 98.5 Å². The average molecular weight is 266 g/mol. The van der Waals surface area contributed by atoms with Gasteiger partial charge in [-0.1, -0.05) is 13.0 Å². The molecule has 7 nitrogen and oxygen atoms in total. The van der Waals surface area contributed by atoms with Gasteiger partial charge in [-0.3, -0.25) is 19.7 Å². The van der Waals surface area contributed by atoms with Gasteiger partial charge in [-0.2, -0.15) is 0 Å². The molecule has 0 aliphatic carbocycles. The third-order valence-corrected chi connectivity index (χ3v) is 2.29. The van der Waals surface area contributed by atoms with Crippen LogP contribution in [0, 0.1) is 10.1 Å². The van der Waals surface area contributed by atoms with Crippen molar-refractivity contribution in [3.63, 3.8) is 0 Å². The first-order chi connectivity index (χ1) is 8.93. The molecule has 0 aromatic heterocycles. The second-order valence-electron chi connectivity index (χ2n) is 3.78. The molecule has 1 aromatic carbocycles. The van der Waals surface area contributed by atoms with E-state index in [1.807, 2.05) is 0 Å². The van der Waals surface area contributed by atoms with Gasteiger partial charge in [0.25, 0.3) is 11.6 Å². The number of ether oxygens (including phenoxy) is 1. The Kier molecular flexibility index (Phi) is 4.99. The number of anilines is 1. The first-order valence-corrected chi connectivity index (χ1v) is 5.68. The van der Waals surface area contributed by atoms with Gasteiger partial charge in [0.1, 0.15) is 0 Å². The fraction of sp³-hybridized carbons (Fsp3) is 0.333. The van der Waals surface area contributed by atoms with Crippen LogP contribution in [-0.2, 0) is 14.3 Å². The number of amides is 1. The van der Waals surface area contributed by atoms with E-state index in [4.69, 9.17) is 4.74 Å². The number of nitrogens with zero attached hydrogens (tertiary/aromatic N) is 1. The number of hydrogen-bond donors (Lipinski definition) is 1. The summed E-state index contributed by atoms with van der Waals surface area (Å²) in [6, 6.07) is 5.51. The molecular formula is C12H14N2O5. The summed E-state index contributed by atoms with van der Waals surface area (Å²) in [5, 5.41) is 13.0. The number of nitro groups is 1. The van der Waals surface area contributed by atoms with Crippen LogP contribution in [0.2, 0.25) is 0 Å². The van der Waals surface area contributed by atoms with Gasteiger partial charge in [0, 0.05) is 24.2 Å². The summed E-state index contributed by atoms with van der Waals surface area (Å²) >= 11 is 0. The van der Waals surface area contributed by atoms with Crippen LogP contribution in [0.1, 0.15) is 20.3 Å². The fourth-order valence-electron chi connectivity index (χ4n) is 1.28. The fourth-order valence-corrected chi connectivity index (χ4v) is 1.28. The molecule has 1 N–H and O–H groups in total. The minimum atomic E-state index is -0.952. The van der Waals surface area contributed by atoms with Crippen LogP contribution in [0.25, 0.3) is 0 Å². The molecule has 1 aromatic rings. The molecule has 0 spiro atoms. The van der Waals surface area contributed by atoms with Crippen LogP contribution in [0.3, 0.4) is 0 Å². The molecule has 0 aliphatic rings. The van der Waals surface area contributed by atoms with Crippen LogP contribution >= 0.6 is 0 Å². The molecule has 0 bridgehead atoms. The van der Waals surface area contributed by atoms with Crippen molar-refractivity contribution in [2.75, 3.05) is 5.32 Å². The van der Waals surface area contributed by atoms with Crippen LogP contribution in [0.4, 0.5) is 11.4 Å². The van der Waals surface area contributed by atoms with Gasteiger partial charge in [-0.05, 0) is 13.0 Å². The Morgan fingerprint density at radius 2 is 2.16 bits per heavy atom. The lowest BCUT2D eigenvalue weighted by atomic mass is 10.2. The summed E-state index contributed by atoms with van der Waals surface area (Å²) in [6.45, 7) is 3.05. The maximum atomic E-state index is 11.7. The van der Waals surface area contributed by atoms with Crippen molar-refractivity contribution in [1.29, 1.82) is 0 Å². The molecule has 1 rings (SSSR count). The second-order valence-corrected chi connectivity index (χ2v) is 3.78. The van der Waals surface area contributed by atoms with Crippen molar-refractivity contribution in [2.45, 2.75) is 26.4 Å². The molecule has 0 saturated carbocycles. The third-order valence-electron chi connectivity index (χ3n) is 2.29. The molecule has 0 heterocycles. The lowest BCUT2D eigenvalue weighted by Gasteiger charge is -2.12. The van der Waals surface area contributed by atoms with E-state index in [0.717, 1.165) is 0 Å². The van der Waals surface area contributed by atoms with Crippen LogP contribution in [0.5, 0.6) is 0 Å². The summed E-state index contributed by atoms with van der Waals surface area (Å²) in [6.07, 6.45) is -0.777. The van der Waals surface area contributed by atoms with Crippen molar-refractivity contribution in [2.24, 2.45) is 0 Å². The molecule has 0 saturated heterocycles. The highest BCUT2D eigenvalue weighted by Crippen LogP contribution is 2.17. The van der Waals surface area contributed by atoms with E-state index in [0.29, 0.717) is 0 Å². The molecule has 0 fully saturated rings. The number of nitrogens with one attached hydrogen (secondary N) is 1. The highest BCUT2D eigenvalue weighted by atomic mass is 16.6. The normalized spacial score (nSPS) is 11.5. The number of benzene rings is 1. The number of nitro benzene ring substituents is 1. The second kappa shape index (κ2) is 6.48. The Balaban J connectivity index is 2.68. The standard InChI is InChI=1S/C12H14N2O5/c1-3-11(15)19-8(2)12(16)13-9-5-4-6-10(7-9)14(17)18/h4-8H,3H2,1-2H3,(H,13,16)/t8-/m1/s1. The molecule has 1 amide bonds. The third kappa shape index (κ3) is 4.38. The number of carbonyl (C=O) groups is 2. The quantitative estimate of drug-likeness (QED) is 0.498. The summed E-state index contributed by atoms with van der Waals surface area (Å²) in [4.78, 5) is 32.7. The van der Waals surface area contributed by atoms with Crippen molar-refractivity contribution >= 4 is 23.3 Å². The Labute approximate surface area is 109 Å². The predicted octanol–water partition coefficient (Wildman–Crippen LogP) is 1.87. The number of esters is 1. The molecule has 0 radical (unpaired) electrons. The number of carbonyl (C=O) groups excluding carboxylic acids is 2. The first kappa shape index (κ1) is 14.6. The predicted molar refractivity (Wildman–Crippen MR) is 67.6 cm³/mol. The van der Waals surface area contributed by atoms with Gasteiger partial charge >= 0.3 is 5.97 Å². The first-order valence-electron chi connectivity index (χ1n) is 5.68. The smallest absolute Gasteiger partial charge is 0.306 e. The minimum Gasteiger partial charge on any atom is -0.453 e. The van der Waals surface area contributed by atoms with E-state index in [2.05, 4.69) is 5.32 Å². The summed E-state index contributed by atoms with van der Waals surface area (Å²) < 4.78 is 4.83. The van der Waals surface area contributed by atoms with Crippen molar-refractivity contribution in [1.82, 2.24) is 0 Å². The zero-order chi connectivity index (χ0) is 14.4. The van der Waals surface area contributed by atoms with Crippen molar-refractivity contribution in [3.05, 3.63) is 34.4 Å². The number of non-ortho nitro benzene ring substituents is 1. The van der Waals surface area contributed by atoms with E-state index in [-0.39, 0.29) is 17.8 Å². The van der Waals surface area contributed by atoms with E-state index >= 15 is 0 Å². The van der Waals surface area contributed by atoms with Gasteiger partial charge in [-0.25, -0.2) is 0 Å². The minimum absolute atomic E-state index is 0.129. The monoisotopic (exact) mass is 266 g/mol. The Morgan fingerprint density at radius 1 is 1.47 bits per heavy atom. The highest BCUT2D eigenvalue weighted by molar-refractivity contribution is 5.95. The van der Waals surface area contributed by atoms with Gasteiger partial charge in [0.2, 0.25) is 0 Å². The maximum absolute atomic E-state index is 11.7. The highest BCUT2D eigenvalue weighted by Gasteiger charge is 2.17. The van der Waals surface area contributed by atoms with Gasteiger partial charge in [-0.15, -0.1) is 0 Å². The Hall–Kier alpha value is -2.44. The van der Waals surface area contributed by atoms with E-state index in [1.165, 1.54) is 31.2 Å². The lowest BCUT2D eigenvalue weighted by Crippen LogP contribution is -2.29. The summed E-state index contributed by atoms with van der Waals surface area (Å²) in [5.41, 5.74) is 0.148. The summed E-state index contributed by atoms with van der Waals surface area (Å²) in [5.74, 6) is -1.02. The lowest BCUT2D eigenvalue weighted by molar-refractivity contribution is -0.384. The molecule has 0 aliphatic heterocycles. The molecule has 7 heteroatoms. The Morgan fingerprint density at radius 3 is 2.74 bits per heavy atom. The van der Waals surface area contributed by atoms with E-state index < -0.39 is 22.9 Å². The molecule has 0 unspecified atom stereocenters. The van der Waals surface area contributed by atoms with E-state index in [1.54, 1.807) is 6.92 Å². The number of rotatable bonds is 5. The number of hydrogen-bond acceptors (Lipinski definition) is 5. The molecule has 102 valence electrons. The molecule has 19 heavy (non-hydrogen) atoms. The summed E-state index contributed by atoms with van der Waals surface area (Å²) in [7, 11) is 0. The van der Waals surface area contributed by atoms with Crippen LogP contribution in [0.15, 0.2) is 24.3 Å². The van der Waals surface area contributed by atoms with Gasteiger partial charge < -0.3 is 10.1 Å². The van der Waals surface area contributed by atoms with Crippen molar-refractivity contribution < 1.29 is 19.2 Å². The van der Waals surface area contributed by atoms with Crippen molar-refractivity contribution in [3.8, 4) is 0 Å². The van der Waals surface area contributed by atoms with Crippen LogP contribution < -0.4 is 5.32 Å². The zero-order valence-electron chi connectivity index (χ0n) is 10.6. The Bertz CT molecular complexity index is 501. The van der Waals surface area contributed by atoms with E-state index in [9.17, 15) is 19.7 Å². The van der Waals surface area contributed by atoms with Gasteiger partial charge in [0.05, 0.1) is 4.92 Å². The molecule has 1 atom stereocenters. The largest absolute Gasteiger partial charge is 0.453 e. The molecular weight excluding hydrogens is 252 g/mol. The SMILES string of the molecule is CCC(=O)O[C@H](C)C(=O)Nc1cccc([N+](=O)[O-])c1. The van der Waals surface area contributed by atoms with Crippen LogP contribution in [-0.4, -0.2) is 22.9 Å². The zero-order valence-corrected chi connectivity index (χ0v) is 10.6. The maximum Gasteiger partial charge on any atom is 0.306 e. The average Bonchev–Trinajstić information content (AvgIpc) is 2.38.